The molecule has 1 amide bonds. The minimum absolute atomic E-state index is 0.118. The lowest BCUT2D eigenvalue weighted by Gasteiger charge is -2.13. The summed E-state index contributed by atoms with van der Waals surface area (Å²) in [5, 5.41) is 6.22. The van der Waals surface area contributed by atoms with Crippen LogP contribution in [0.3, 0.4) is 0 Å². The Morgan fingerprint density at radius 3 is 2.62 bits per heavy atom. The average molecular weight is 384 g/mol. The summed E-state index contributed by atoms with van der Waals surface area (Å²) < 4.78 is 1.51. The van der Waals surface area contributed by atoms with Gasteiger partial charge in [-0.1, -0.05) is 30.3 Å². The van der Waals surface area contributed by atoms with Gasteiger partial charge in [0.25, 0.3) is 11.5 Å². The molecule has 0 bridgehead atoms. The number of nitrogens with one attached hydrogen (secondary N) is 2. The first-order valence-electron chi connectivity index (χ1n) is 9.28. The number of pyridine rings is 1. The van der Waals surface area contributed by atoms with Crippen LogP contribution in [0.25, 0.3) is 5.65 Å². The predicted octanol–water partition coefficient (Wildman–Crippen LogP) is 3.87. The second-order valence-electron chi connectivity index (χ2n) is 6.72. The van der Waals surface area contributed by atoms with E-state index in [-0.39, 0.29) is 11.5 Å². The summed E-state index contributed by atoms with van der Waals surface area (Å²) in [5.74, 6) is -0.162. The smallest absolute Gasteiger partial charge is 0.258 e. The van der Waals surface area contributed by atoms with Crippen molar-refractivity contribution in [2.24, 2.45) is 0 Å². The molecule has 0 aliphatic rings. The van der Waals surface area contributed by atoms with Crippen molar-refractivity contribution in [3.63, 3.8) is 0 Å². The monoisotopic (exact) mass is 384 g/mol. The van der Waals surface area contributed by atoms with Crippen LogP contribution in [0.4, 0.5) is 11.4 Å². The second-order valence-corrected chi connectivity index (χ2v) is 6.72. The maximum atomic E-state index is 12.4. The zero-order valence-corrected chi connectivity index (χ0v) is 15.9. The number of carbonyl (C=O) groups is 1. The van der Waals surface area contributed by atoms with Gasteiger partial charge in [-0.2, -0.15) is 0 Å². The van der Waals surface area contributed by atoms with E-state index in [9.17, 15) is 9.59 Å². The Kier molecular flexibility index (Phi) is 5.07. The van der Waals surface area contributed by atoms with Crippen LogP contribution in [0.5, 0.6) is 0 Å². The highest BCUT2D eigenvalue weighted by molar-refractivity contribution is 6.04. The Hall–Kier alpha value is -3.93. The third kappa shape index (κ3) is 4.16. The van der Waals surface area contributed by atoms with E-state index in [2.05, 4.69) is 15.6 Å². The molecule has 0 fully saturated rings. The molecule has 4 rings (SSSR count). The van der Waals surface area contributed by atoms with Gasteiger partial charge in [-0.15, -0.1) is 0 Å². The molecule has 0 aliphatic heterocycles. The van der Waals surface area contributed by atoms with E-state index in [1.165, 1.54) is 10.5 Å². The topological polar surface area (TPSA) is 75.5 Å². The molecule has 144 valence electrons. The molecule has 2 aromatic carbocycles. The van der Waals surface area contributed by atoms with Crippen LogP contribution in [0.1, 0.15) is 21.6 Å². The molecule has 6 heteroatoms. The molecule has 0 aliphatic carbocycles. The maximum Gasteiger partial charge on any atom is 0.258 e. The van der Waals surface area contributed by atoms with Gasteiger partial charge in [-0.3, -0.25) is 14.0 Å². The molecule has 0 saturated carbocycles. The highest BCUT2D eigenvalue weighted by Gasteiger charge is 2.08. The molecule has 2 N–H and O–H groups in total. The number of hydrogen-bond donors (Lipinski definition) is 2. The fourth-order valence-electron chi connectivity index (χ4n) is 3.06. The van der Waals surface area contributed by atoms with Crippen molar-refractivity contribution < 1.29 is 4.79 Å². The highest BCUT2D eigenvalue weighted by Crippen LogP contribution is 2.21. The molecule has 29 heavy (non-hydrogen) atoms. The molecule has 0 atom stereocenters. The van der Waals surface area contributed by atoms with Crippen molar-refractivity contribution in [3.8, 4) is 0 Å². The Morgan fingerprint density at radius 1 is 1.00 bits per heavy atom. The molecule has 0 unspecified atom stereocenters. The number of aryl methyl sites for hydroxylation is 1. The minimum Gasteiger partial charge on any atom is -0.379 e. The Bertz CT molecular complexity index is 1230. The molecule has 4 aromatic rings. The summed E-state index contributed by atoms with van der Waals surface area (Å²) in [6.07, 6.45) is 1.70. The number of nitrogens with zero attached hydrogens (tertiary/aromatic N) is 2. The van der Waals surface area contributed by atoms with Crippen LogP contribution in [-0.2, 0) is 6.54 Å². The fraction of sp³-hybridized carbons (Fsp3) is 0.0870. The first-order chi connectivity index (χ1) is 14.1. The van der Waals surface area contributed by atoms with Gasteiger partial charge in [0.1, 0.15) is 5.65 Å². The van der Waals surface area contributed by atoms with Gasteiger partial charge < -0.3 is 10.6 Å². The zero-order valence-electron chi connectivity index (χ0n) is 15.9. The Morgan fingerprint density at radius 2 is 1.79 bits per heavy atom. The van der Waals surface area contributed by atoms with Crippen molar-refractivity contribution >= 4 is 22.9 Å². The van der Waals surface area contributed by atoms with Gasteiger partial charge >= 0.3 is 0 Å². The molecule has 0 saturated heterocycles. The van der Waals surface area contributed by atoms with Crippen molar-refractivity contribution in [2.45, 2.75) is 13.5 Å². The summed E-state index contributed by atoms with van der Waals surface area (Å²) in [6, 6.07) is 21.7. The van der Waals surface area contributed by atoms with Gasteiger partial charge in [0, 0.05) is 29.2 Å². The summed E-state index contributed by atoms with van der Waals surface area (Å²) in [4.78, 5) is 29.1. The molecule has 0 spiro atoms. The van der Waals surface area contributed by atoms with Gasteiger partial charge in [-0.05, 0) is 48.9 Å². The lowest BCUT2D eigenvalue weighted by molar-refractivity contribution is 0.102. The van der Waals surface area contributed by atoms with Gasteiger partial charge in [0.2, 0.25) is 0 Å². The average Bonchev–Trinajstić information content (AvgIpc) is 2.75. The van der Waals surface area contributed by atoms with Crippen LogP contribution in [0, 0.1) is 6.92 Å². The lowest BCUT2D eigenvalue weighted by atomic mass is 10.1. The van der Waals surface area contributed by atoms with E-state index < -0.39 is 0 Å². The molecular formula is C23H20N4O2. The molecule has 2 aromatic heterocycles. The Balaban J connectivity index is 1.51. The third-order valence-corrected chi connectivity index (χ3v) is 4.62. The summed E-state index contributed by atoms with van der Waals surface area (Å²) in [6.45, 7) is 2.38. The summed E-state index contributed by atoms with van der Waals surface area (Å²) in [7, 11) is 0. The molecule has 6 nitrogen and oxygen atoms in total. The van der Waals surface area contributed by atoms with Crippen LogP contribution in [-0.4, -0.2) is 15.3 Å². The van der Waals surface area contributed by atoms with E-state index in [0.29, 0.717) is 29.1 Å². The van der Waals surface area contributed by atoms with Crippen LogP contribution >= 0.6 is 0 Å². The summed E-state index contributed by atoms with van der Waals surface area (Å²) >= 11 is 0. The van der Waals surface area contributed by atoms with Crippen molar-refractivity contribution in [1.29, 1.82) is 0 Å². The first kappa shape index (κ1) is 18.4. The van der Waals surface area contributed by atoms with E-state index >= 15 is 0 Å². The SMILES string of the molecule is Cc1ccc(NC(=O)c2ccccc2)cc1NCc1cc(=O)n2ccccc2n1. The van der Waals surface area contributed by atoms with Crippen LogP contribution in [0.15, 0.2) is 83.8 Å². The van der Waals surface area contributed by atoms with E-state index in [0.717, 1.165) is 11.3 Å². The third-order valence-electron chi connectivity index (χ3n) is 4.62. The van der Waals surface area contributed by atoms with E-state index in [1.807, 2.05) is 49.4 Å². The second kappa shape index (κ2) is 7.98. The van der Waals surface area contributed by atoms with Crippen LogP contribution in [0.2, 0.25) is 0 Å². The molecule has 2 heterocycles. The number of anilines is 2. The first-order valence-corrected chi connectivity index (χ1v) is 9.28. The molecular weight excluding hydrogens is 364 g/mol. The van der Waals surface area contributed by atoms with Gasteiger partial charge in [0.15, 0.2) is 0 Å². The normalized spacial score (nSPS) is 10.7. The number of fused-ring (bicyclic) bond motifs is 1. The number of benzene rings is 2. The summed E-state index contributed by atoms with van der Waals surface area (Å²) in [5.41, 5.74) is 4.33. The van der Waals surface area contributed by atoms with Gasteiger partial charge in [-0.25, -0.2) is 4.98 Å². The molecule has 0 radical (unpaired) electrons. The maximum absolute atomic E-state index is 12.4. The Labute approximate surface area is 167 Å². The van der Waals surface area contributed by atoms with E-state index in [4.69, 9.17) is 0 Å². The van der Waals surface area contributed by atoms with Crippen molar-refractivity contribution in [3.05, 3.63) is 106 Å². The number of aromatic nitrogens is 2. The number of carbonyl (C=O) groups excluding carboxylic acids is 1. The highest BCUT2D eigenvalue weighted by atomic mass is 16.1. The number of hydrogen-bond acceptors (Lipinski definition) is 4. The quantitative estimate of drug-likeness (QED) is 0.548. The number of amides is 1. The van der Waals surface area contributed by atoms with Crippen LogP contribution < -0.4 is 16.2 Å². The zero-order chi connectivity index (χ0) is 20.2. The van der Waals surface area contributed by atoms with E-state index in [1.54, 1.807) is 30.5 Å². The number of rotatable bonds is 5. The minimum atomic E-state index is -0.162. The van der Waals surface area contributed by atoms with Gasteiger partial charge in [0.05, 0.1) is 12.2 Å². The fourth-order valence-corrected chi connectivity index (χ4v) is 3.06. The lowest BCUT2D eigenvalue weighted by Crippen LogP contribution is -2.16. The van der Waals surface area contributed by atoms with Crippen molar-refractivity contribution in [1.82, 2.24) is 9.38 Å². The van der Waals surface area contributed by atoms with Crippen molar-refractivity contribution in [2.75, 3.05) is 10.6 Å². The standard InChI is InChI=1S/C23H20N4O2/c1-16-10-11-18(26-23(29)17-7-3-2-4-8-17)13-20(16)24-15-19-14-22(28)27-12-6-5-9-21(27)25-19/h2-14,24H,15H2,1H3,(H,26,29). The largest absolute Gasteiger partial charge is 0.379 e. The predicted molar refractivity (Wildman–Crippen MR) is 114 cm³/mol.